The van der Waals surface area contributed by atoms with Crippen molar-refractivity contribution in [2.45, 2.75) is 52.4 Å². The Morgan fingerprint density at radius 2 is 1.64 bits per heavy atom. The summed E-state index contributed by atoms with van der Waals surface area (Å²) in [6, 6.07) is 0. The largest absolute Gasteiger partial charge is 0.396 e. The maximum Gasteiger partial charge on any atom is 0.0433 e. The molecule has 1 nitrogen and oxygen atoms in total. The average Bonchev–Trinajstić information content (AvgIpc) is 2.11. The van der Waals surface area contributed by atoms with Crippen LogP contribution in [-0.2, 0) is 0 Å². The van der Waals surface area contributed by atoms with Gasteiger partial charge in [-0.15, -0.1) is 0 Å². The molecule has 0 aliphatic heterocycles. The minimum absolute atomic E-state index is 0.394. The van der Waals surface area contributed by atoms with Crippen LogP contribution in [0.2, 0.25) is 0 Å². The number of hydrogen-bond donors (Lipinski definition) is 1. The van der Waals surface area contributed by atoms with Crippen LogP contribution in [0.3, 0.4) is 0 Å². The van der Waals surface area contributed by atoms with E-state index in [1.165, 1.54) is 32.1 Å². The standard InChI is InChI=1S/C8H16O.C2H6/c9-7-6-8-4-2-1-3-5-8;1-2/h8-9H,1-7H2;1-2H3. The van der Waals surface area contributed by atoms with Crippen molar-refractivity contribution < 1.29 is 5.11 Å². The maximum atomic E-state index is 8.62. The van der Waals surface area contributed by atoms with E-state index < -0.39 is 0 Å². The summed E-state index contributed by atoms with van der Waals surface area (Å²) in [6.07, 6.45) is 7.97. The van der Waals surface area contributed by atoms with Crippen LogP contribution in [0.4, 0.5) is 0 Å². The molecule has 0 atom stereocenters. The first-order chi connectivity index (χ1) is 5.43. The third kappa shape index (κ3) is 5.25. The van der Waals surface area contributed by atoms with E-state index in [1.807, 2.05) is 13.8 Å². The summed E-state index contributed by atoms with van der Waals surface area (Å²) in [5, 5.41) is 8.62. The summed E-state index contributed by atoms with van der Waals surface area (Å²) in [5.41, 5.74) is 0. The van der Waals surface area contributed by atoms with Gasteiger partial charge < -0.3 is 5.11 Å². The van der Waals surface area contributed by atoms with Gasteiger partial charge in [-0.25, -0.2) is 0 Å². The van der Waals surface area contributed by atoms with Crippen molar-refractivity contribution in [1.29, 1.82) is 0 Å². The number of aliphatic hydroxyl groups excluding tert-OH is 1. The van der Waals surface area contributed by atoms with Gasteiger partial charge in [0.25, 0.3) is 0 Å². The second-order valence-electron chi connectivity index (χ2n) is 3.02. The molecule has 0 aromatic carbocycles. The first kappa shape index (κ1) is 11.0. The van der Waals surface area contributed by atoms with E-state index in [0.717, 1.165) is 12.3 Å². The minimum Gasteiger partial charge on any atom is -0.396 e. The van der Waals surface area contributed by atoms with E-state index in [1.54, 1.807) is 0 Å². The van der Waals surface area contributed by atoms with E-state index >= 15 is 0 Å². The van der Waals surface area contributed by atoms with Crippen LogP contribution in [0.5, 0.6) is 0 Å². The number of hydrogen-bond acceptors (Lipinski definition) is 1. The molecule has 0 aromatic rings. The highest BCUT2D eigenvalue weighted by molar-refractivity contribution is 4.64. The van der Waals surface area contributed by atoms with Crippen molar-refractivity contribution in [3.8, 4) is 0 Å². The Kier molecular flexibility index (Phi) is 8.03. The molecule has 1 rings (SSSR count). The fourth-order valence-electron chi connectivity index (χ4n) is 1.66. The van der Waals surface area contributed by atoms with E-state index in [4.69, 9.17) is 5.11 Å². The molecule has 0 saturated heterocycles. The summed E-state index contributed by atoms with van der Waals surface area (Å²) in [6.45, 7) is 4.39. The minimum atomic E-state index is 0.394. The molecule has 0 heterocycles. The molecule has 0 amide bonds. The first-order valence-corrected chi connectivity index (χ1v) is 5.04. The maximum absolute atomic E-state index is 8.62. The van der Waals surface area contributed by atoms with Crippen LogP contribution < -0.4 is 0 Å². The number of aliphatic hydroxyl groups is 1. The highest BCUT2D eigenvalue weighted by Gasteiger charge is 2.11. The van der Waals surface area contributed by atoms with Crippen molar-refractivity contribution in [3.05, 3.63) is 0 Å². The van der Waals surface area contributed by atoms with Gasteiger partial charge in [0.2, 0.25) is 0 Å². The summed E-state index contributed by atoms with van der Waals surface area (Å²) < 4.78 is 0. The lowest BCUT2D eigenvalue weighted by Crippen LogP contribution is -2.07. The Bertz CT molecular complexity index is 62.5. The molecule has 1 fully saturated rings. The molecule has 1 saturated carbocycles. The van der Waals surface area contributed by atoms with Gasteiger partial charge in [0, 0.05) is 6.61 Å². The Morgan fingerprint density at radius 3 is 2.09 bits per heavy atom. The molecule has 0 bridgehead atoms. The predicted octanol–water partition coefficient (Wildman–Crippen LogP) is 2.98. The fraction of sp³-hybridized carbons (Fsp3) is 1.00. The smallest absolute Gasteiger partial charge is 0.0433 e. The molecule has 0 aromatic heterocycles. The monoisotopic (exact) mass is 158 g/mol. The van der Waals surface area contributed by atoms with Gasteiger partial charge in [0.1, 0.15) is 0 Å². The van der Waals surface area contributed by atoms with Gasteiger partial charge in [-0.3, -0.25) is 0 Å². The molecule has 1 aliphatic rings. The molecule has 0 radical (unpaired) electrons. The average molecular weight is 158 g/mol. The summed E-state index contributed by atoms with van der Waals surface area (Å²) in [4.78, 5) is 0. The van der Waals surface area contributed by atoms with Crippen molar-refractivity contribution in [2.75, 3.05) is 6.61 Å². The Hall–Kier alpha value is -0.0400. The fourth-order valence-corrected chi connectivity index (χ4v) is 1.66. The van der Waals surface area contributed by atoms with Crippen LogP contribution in [0, 0.1) is 5.92 Å². The van der Waals surface area contributed by atoms with Crippen molar-refractivity contribution in [3.63, 3.8) is 0 Å². The van der Waals surface area contributed by atoms with Crippen molar-refractivity contribution in [1.82, 2.24) is 0 Å². The van der Waals surface area contributed by atoms with E-state index in [9.17, 15) is 0 Å². The molecule has 11 heavy (non-hydrogen) atoms. The quantitative estimate of drug-likeness (QED) is 0.655. The van der Waals surface area contributed by atoms with Gasteiger partial charge in [-0.05, 0) is 12.3 Å². The summed E-state index contributed by atoms with van der Waals surface area (Å²) in [5.74, 6) is 0.851. The zero-order valence-corrected chi connectivity index (χ0v) is 7.97. The SMILES string of the molecule is CC.OCCC1CCCCC1. The highest BCUT2D eigenvalue weighted by Crippen LogP contribution is 2.25. The molecule has 0 unspecified atom stereocenters. The Morgan fingerprint density at radius 1 is 1.09 bits per heavy atom. The highest BCUT2D eigenvalue weighted by atomic mass is 16.3. The normalized spacial score (nSPS) is 18.8. The molecular weight excluding hydrogens is 136 g/mol. The lowest BCUT2D eigenvalue weighted by molar-refractivity contribution is 0.230. The van der Waals surface area contributed by atoms with Crippen molar-refractivity contribution in [2.24, 2.45) is 5.92 Å². The lowest BCUT2D eigenvalue weighted by atomic mass is 9.87. The van der Waals surface area contributed by atoms with E-state index in [2.05, 4.69) is 0 Å². The van der Waals surface area contributed by atoms with Crippen LogP contribution in [0.15, 0.2) is 0 Å². The molecule has 1 aliphatic carbocycles. The van der Waals surface area contributed by atoms with Crippen LogP contribution >= 0.6 is 0 Å². The van der Waals surface area contributed by atoms with Gasteiger partial charge in [-0.2, -0.15) is 0 Å². The zero-order chi connectivity index (χ0) is 8.53. The third-order valence-corrected chi connectivity index (χ3v) is 2.26. The topological polar surface area (TPSA) is 20.2 Å². The van der Waals surface area contributed by atoms with Crippen molar-refractivity contribution >= 4 is 0 Å². The Labute approximate surface area is 70.8 Å². The molecule has 1 N–H and O–H groups in total. The van der Waals surface area contributed by atoms with Gasteiger partial charge >= 0.3 is 0 Å². The van der Waals surface area contributed by atoms with E-state index in [-0.39, 0.29) is 0 Å². The zero-order valence-electron chi connectivity index (χ0n) is 7.97. The van der Waals surface area contributed by atoms with E-state index in [0.29, 0.717) is 6.61 Å². The third-order valence-electron chi connectivity index (χ3n) is 2.26. The van der Waals surface area contributed by atoms with Gasteiger partial charge in [-0.1, -0.05) is 46.0 Å². The van der Waals surface area contributed by atoms with Gasteiger partial charge in [0.15, 0.2) is 0 Å². The van der Waals surface area contributed by atoms with Crippen LogP contribution in [0.25, 0.3) is 0 Å². The number of rotatable bonds is 2. The van der Waals surface area contributed by atoms with Crippen LogP contribution in [-0.4, -0.2) is 11.7 Å². The summed E-state index contributed by atoms with van der Waals surface area (Å²) in [7, 11) is 0. The first-order valence-electron chi connectivity index (χ1n) is 5.04. The predicted molar refractivity (Wildman–Crippen MR) is 49.6 cm³/mol. The Balaban J connectivity index is 0.000000461. The molecular formula is C10H22O. The van der Waals surface area contributed by atoms with Crippen LogP contribution in [0.1, 0.15) is 52.4 Å². The molecule has 0 spiro atoms. The molecule has 68 valence electrons. The second-order valence-corrected chi connectivity index (χ2v) is 3.02. The lowest BCUT2D eigenvalue weighted by Gasteiger charge is -2.19. The molecule has 1 heteroatoms. The summed E-state index contributed by atoms with van der Waals surface area (Å²) >= 11 is 0. The second kappa shape index (κ2) is 8.06. The van der Waals surface area contributed by atoms with Gasteiger partial charge in [0.05, 0.1) is 0 Å².